The highest BCUT2D eigenvalue weighted by molar-refractivity contribution is 6.06. The number of fused-ring (bicyclic) bond motifs is 2. The normalized spacial score (nSPS) is 23.5. The van der Waals surface area contributed by atoms with Crippen molar-refractivity contribution in [1.29, 1.82) is 0 Å². The van der Waals surface area contributed by atoms with Gasteiger partial charge in [-0.25, -0.2) is 9.69 Å². The number of hydrogen-bond acceptors (Lipinski definition) is 7. The molecule has 0 saturated carbocycles. The van der Waals surface area contributed by atoms with Crippen molar-refractivity contribution in [3.63, 3.8) is 0 Å². The third kappa shape index (κ3) is 2.62. The second kappa shape index (κ2) is 6.62. The van der Waals surface area contributed by atoms with Crippen LogP contribution >= 0.6 is 0 Å². The zero-order chi connectivity index (χ0) is 18.3. The number of imide groups is 1. The first kappa shape index (κ1) is 16.9. The Morgan fingerprint density at radius 1 is 1.23 bits per heavy atom. The van der Waals surface area contributed by atoms with Gasteiger partial charge in [0.1, 0.15) is 6.61 Å². The van der Waals surface area contributed by atoms with Crippen LogP contribution in [0, 0.1) is 5.92 Å². The van der Waals surface area contributed by atoms with E-state index >= 15 is 0 Å². The molecule has 0 aromatic heterocycles. The van der Waals surface area contributed by atoms with Crippen molar-refractivity contribution in [2.45, 2.75) is 6.10 Å². The molecule has 2 heterocycles. The van der Waals surface area contributed by atoms with Gasteiger partial charge in [-0.15, -0.1) is 0 Å². The molecule has 1 aromatic rings. The van der Waals surface area contributed by atoms with Gasteiger partial charge in [0.2, 0.25) is 6.79 Å². The molecule has 1 saturated heterocycles. The van der Waals surface area contributed by atoms with E-state index in [1.807, 2.05) is 12.1 Å². The molecule has 2 amide bonds. The van der Waals surface area contributed by atoms with Crippen molar-refractivity contribution >= 4 is 18.1 Å². The van der Waals surface area contributed by atoms with Gasteiger partial charge in [0.05, 0.1) is 19.3 Å². The van der Waals surface area contributed by atoms with E-state index in [1.54, 1.807) is 20.3 Å². The fraction of sp³-hybridized carbons (Fsp3) is 0.444. The molecule has 3 aliphatic rings. The van der Waals surface area contributed by atoms with Crippen LogP contribution in [0.3, 0.4) is 0 Å². The Labute approximate surface area is 150 Å². The zero-order valence-electron chi connectivity index (χ0n) is 14.5. The lowest BCUT2D eigenvalue weighted by atomic mass is 9.80. The predicted octanol–water partition coefficient (Wildman–Crippen LogP) is 1.74. The number of ether oxygens (including phenoxy) is 5. The number of carbonyl (C=O) groups excluding carboxylic acids is 2. The zero-order valence-corrected chi connectivity index (χ0v) is 14.5. The van der Waals surface area contributed by atoms with Crippen LogP contribution in [0.1, 0.15) is 17.2 Å². The van der Waals surface area contributed by atoms with Gasteiger partial charge >= 0.3 is 6.09 Å². The summed E-state index contributed by atoms with van der Waals surface area (Å²) in [5.74, 6) is 0.513. The van der Waals surface area contributed by atoms with Crippen LogP contribution in [-0.2, 0) is 19.0 Å². The minimum Gasteiger partial charge on any atom is -0.454 e. The summed E-state index contributed by atoms with van der Waals surface area (Å²) < 4.78 is 26.8. The van der Waals surface area contributed by atoms with Crippen LogP contribution in [-0.4, -0.2) is 57.7 Å². The topological polar surface area (TPSA) is 83.5 Å². The van der Waals surface area contributed by atoms with Gasteiger partial charge in [0, 0.05) is 25.7 Å². The van der Waals surface area contributed by atoms with Crippen LogP contribution in [0.4, 0.5) is 4.79 Å². The maximum Gasteiger partial charge on any atom is 0.416 e. The lowest BCUT2D eigenvalue weighted by Gasteiger charge is -2.33. The summed E-state index contributed by atoms with van der Waals surface area (Å²) in [4.78, 5) is 25.9. The van der Waals surface area contributed by atoms with E-state index in [-0.39, 0.29) is 38.4 Å². The SMILES string of the molecule is COCC1C(C(=O)N2CCOC2=O)=Cc2cc3c(cc2C1OC)OCO3. The van der Waals surface area contributed by atoms with Crippen molar-refractivity contribution in [2.75, 3.05) is 40.8 Å². The number of amides is 2. The van der Waals surface area contributed by atoms with E-state index in [9.17, 15) is 9.59 Å². The van der Waals surface area contributed by atoms with Crippen molar-refractivity contribution in [3.8, 4) is 11.5 Å². The highest BCUT2D eigenvalue weighted by Gasteiger charge is 2.40. The summed E-state index contributed by atoms with van der Waals surface area (Å²) in [5, 5.41) is 0. The summed E-state index contributed by atoms with van der Waals surface area (Å²) in [6.07, 6.45) is 0.726. The maximum atomic E-state index is 13.0. The van der Waals surface area contributed by atoms with Crippen LogP contribution in [0.5, 0.6) is 11.5 Å². The summed E-state index contributed by atoms with van der Waals surface area (Å²) in [6.45, 7) is 0.871. The third-order valence-corrected chi connectivity index (χ3v) is 4.81. The lowest BCUT2D eigenvalue weighted by Crippen LogP contribution is -2.38. The quantitative estimate of drug-likeness (QED) is 0.808. The van der Waals surface area contributed by atoms with Gasteiger partial charge in [-0.2, -0.15) is 0 Å². The first-order valence-corrected chi connectivity index (χ1v) is 8.29. The fourth-order valence-electron chi connectivity index (χ4n) is 3.60. The Kier molecular flexibility index (Phi) is 4.29. The molecule has 26 heavy (non-hydrogen) atoms. The Balaban J connectivity index is 1.79. The van der Waals surface area contributed by atoms with Gasteiger partial charge in [0.25, 0.3) is 5.91 Å². The number of benzene rings is 1. The van der Waals surface area contributed by atoms with E-state index in [4.69, 9.17) is 23.7 Å². The fourth-order valence-corrected chi connectivity index (χ4v) is 3.60. The molecule has 2 unspecified atom stereocenters. The van der Waals surface area contributed by atoms with Crippen molar-refractivity contribution in [3.05, 3.63) is 28.8 Å². The van der Waals surface area contributed by atoms with Gasteiger partial charge in [0.15, 0.2) is 11.5 Å². The van der Waals surface area contributed by atoms with E-state index in [0.29, 0.717) is 17.1 Å². The molecule has 4 rings (SSSR count). The summed E-state index contributed by atoms with van der Waals surface area (Å²) >= 11 is 0. The first-order chi connectivity index (χ1) is 12.6. The molecule has 0 N–H and O–H groups in total. The molecule has 0 spiro atoms. The predicted molar refractivity (Wildman–Crippen MR) is 88.7 cm³/mol. The minimum atomic E-state index is -0.627. The van der Waals surface area contributed by atoms with E-state index in [0.717, 1.165) is 16.0 Å². The average Bonchev–Trinajstić information content (AvgIpc) is 3.27. The van der Waals surface area contributed by atoms with Crippen LogP contribution in [0.15, 0.2) is 17.7 Å². The molecular weight excluding hydrogens is 342 g/mol. The number of methoxy groups -OCH3 is 2. The van der Waals surface area contributed by atoms with Gasteiger partial charge in [-0.05, 0) is 29.3 Å². The van der Waals surface area contributed by atoms with Crippen LogP contribution in [0.2, 0.25) is 0 Å². The van der Waals surface area contributed by atoms with Crippen LogP contribution in [0.25, 0.3) is 6.08 Å². The first-order valence-electron chi connectivity index (χ1n) is 8.29. The third-order valence-electron chi connectivity index (χ3n) is 4.81. The molecule has 8 nitrogen and oxygen atoms in total. The summed E-state index contributed by atoms with van der Waals surface area (Å²) in [6, 6.07) is 3.69. The molecule has 0 bridgehead atoms. The second-order valence-corrected chi connectivity index (χ2v) is 6.22. The largest absolute Gasteiger partial charge is 0.454 e. The molecule has 2 atom stereocenters. The molecule has 8 heteroatoms. The van der Waals surface area contributed by atoms with Crippen molar-refractivity contribution in [1.82, 2.24) is 4.90 Å². The Morgan fingerprint density at radius 3 is 2.65 bits per heavy atom. The van der Waals surface area contributed by atoms with Crippen molar-refractivity contribution < 1.29 is 33.3 Å². The highest BCUT2D eigenvalue weighted by atomic mass is 16.7. The molecule has 1 fully saturated rings. The van der Waals surface area contributed by atoms with Gasteiger partial charge < -0.3 is 23.7 Å². The lowest BCUT2D eigenvalue weighted by molar-refractivity contribution is -0.125. The average molecular weight is 361 g/mol. The second-order valence-electron chi connectivity index (χ2n) is 6.22. The summed E-state index contributed by atoms with van der Waals surface area (Å²) in [5.41, 5.74) is 2.13. The smallest absolute Gasteiger partial charge is 0.416 e. The number of rotatable bonds is 4. The number of carbonyl (C=O) groups is 2. The number of hydrogen-bond donors (Lipinski definition) is 0. The Morgan fingerprint density at radius 2 is 2.00 bits per heavy atom. The molecule has 1 aliphatic carbocycles. The van der Waals surface area contributed by atoms with Gasteiger partial charge in [-0.1, -0.05) is 0 Å². The monoisotopic (exact) mass is 361 g/mol. The molecule has 0 radical (unpaired) electrons. The molecule has 2 aliphatic heterocycles. The Hall–Kier alpha value is -2.58. The Bertz CT molecular complexity index is 788. The van der Waals surface area contributed by atoms with E-state index < -0.39 is 12.2 Å². The number of nitrogens with zero attached hydrogens (tertiary/aromatic N) is 1. The minimum absolute atomic E-state index is 0.159. The highest BCUT2D eigenvalue weighted by Crippen LogP contribution is 2.45. The molecular formula is C18H19NO7. The van der Waals surface area contributed by atoms with E-state index in [1.165, 1.54) is 0 Å². The van der Waals surface area contributed by atoms with Crippen molar-refractivity contribution in [2.24, 2.45) is 5.92 Å². The number of cyclic esters (lactones) is 1. The summed E-state index contributed by atoms with van der Waals surface area (Å²) in [7, 11) is 3.15. The molecule has 1 aromatic carbocycles. The molecule has 138 valence electrons. The van der Waals surface area contributed by atoms with E-state index in [2.05, 4.69) is 0 Å². The maximum absolute atomic E-state index is 13.0. The van der Waals surface area contributed by atoms with Crippen LogP contribution < -0.4 is 9.47 Å². The van der Waals surface area contributed by atoms with Gasteiger partial charge in [-0.3, -0.25) is 4.79 Å². The standard InChI is InChI=1S/C18H19NO7/c1-22-8-13-12(17(20)19-3-4-24-18(19)21)5-10-6-14-15(26-9-25-14)7-11(10)16(13)23-2/h5-7,13,16H,3-4,8-9H2,1-2H3.